The van der Waals surface area contributed by atoms with Crippen molar-refractivity contribution in [1.82, 2.24) is 10.2 Å². The summed E-state index contributed by atoms with van der Waals surface area (Å²) in [7, 11) is 0. The molecule has 1 aliphatic heterocycles. The van der Waals surface area contributed by atoms with Crippen molar-refractivity contribution in [3.05, 3.63) is 95.6 Å². The number of hydrogen-bond acceptors (Lipinski definition) is 5. The van der Waals surface area contributed by atoms with Crippen LogP contribution in [0.1, 0.15) is 49.3 Å². The van der Waals surface area contributed by atoms with Gasteiger partial charge >= 0.3 is 12.1 Å². The van der Waals surface area contributed by atoms with E-state index in [-0.39, 0.29) is 31.1 Å². The minimum atomic E-state index is -1.00. The van der Waals surface area contributed by atoms with Gasteiger partial charge in [-0.2, -0.15) is 0 Å². The molecular formula is C33H36N2O6. The Bertz CT molecular complexity index is 1350. The van der Waals surface area contributed by atoms with Gasteiger partial charge in [0.2, 0.25) is 5.91 Å². The molecule has 1 fully saturated rings. The van der Waals surface area contributed by atoms with Crippen LogP contribution in [0.25, 0.3) is 11.1 Å². The summed E-state index contributed by atoms with van der Waals surface area (Å²) >= 11 is 0. The molecule has 1 saturated heterocycles. The van der Waals surface area contributed by atoms with Gasteiger partial charge < -0.3 is 24.8 Å². The summed E-state index contributed by atoms with van der Waals surface area (Å²) in [6, 6.07) is 24.5. The van der Waals surface area contributed by atoms with E-state index in [4.69, 9.17) is 9.47 Å². The van der Waals surface area contributed by atoms with Crippen LogP contribution in [-0.2, 0) is 25.7 Å². The molecule has 0 saturated carbocycles. The number of fused-ring (bicyclic) bond motifs is 3. The summed E-state index contributed by atoms with van der Waals surface area (Å²) in [4.78, 5) is 40.1. The fourth-order valence-electron chi connectivity index (χ4n) is 5.95. The highest BCUT2D eigenvalue weighted by Gasteiger charge is 2.38. The predicted molar refractivity (Wildman–Crippen MR) is 154 cm³/mol. The van der Waals surface area contributed by atoms with Crippen LogP contribution in [0.15, 0.2) is 78.9 Å². The topological polar surface area (TPSA) is 105 Å². The van der Waals surface area contributed by atoms with E-state index in [0.717, 1.165) is 27.8 Å². The zero-order chi connectivity index (χ0) is 28.9. The summed E-state index contributed by atoms with van der Waals surface area (Å²) in [5.74, 6) is -1.76. The molecule has 0 aromatic heterocycles. The molecule has 0 radical (unpaired) electrons. The Balaban J connectivity index is 1.29. The molecule has 214 valence electrons. The zero-order valence-corrected chi connectivity index (χ0v) is 23.4. The van der Waals surface area contributed by atoms with Gasteiger partial charge in [0.05, 0.1) is 18.6 Å². The van der Waals surface area contributed by atoms with Crippen LogP contribution in [0, 0.1) is 5.92 Å². The fourth-order valence-corrected chi connectivity index (χ4v) is 5.95. The van der Waals surface area contributed by atoms with Crippen molar-refractivity contribution in [1.29, 1.82) is 0 Å². The molecule has 41 heavy (non-hydrogen) atoms. The molecular weight excluding hydrogens is 520 g/mol. The molecule has 4 atom stereocenters. The first kappa shape index (κ1) is 28.4. The highest BCUT2D eigenvalue weighted by Crippen LogP contribution is 2.44. The van der Waals surface area contributed by atoms with Crippen molar-refractivity contribution in [2.45, 2.75) is 57.4 Å². The van der Waals surface area contributed by atoms with Crippen molar-refractivity contribution in [2.75, 3.05) is 13.2 Å². The first-order valence-corrected chi connectivity index (χ1v) is 14.1. The van der Waals surface area contributed by atoms with Crippen LogP contribution in [-0.4, -0.2) is 59.3 Å². The summed E-state index contributed by atoms with van der Waals surface area (Å²) in [5, 5.41) is 12.2. The number of hydrogen-bond donors (Lipinski definition) is 2. The van der Waals surface area contributed by atoms with E-state index in [0.29, 0.717) is 19.4 Å². The lowest BCUT2D eigenvalue weighted by atomic mass is 9.91. The second kappa shape index (κ2) is 12.6. The first-order chi connectivity index (χ1) is 19.8. The van der Waals surface area contributed by atoms with Crippen LogP contribution >= 0.6 is 0 Å². The standard InChI is InChI=1S/C33H36N2O6/c1-21-18-24(32(37)38)16-17-35(21)31(36)30(22(2)40-19-23-10-4-3-5-11-23)34-33(39)41-20-29-27-14-8-6-12-25(27)26-13-7-9-15-28(26)29/h3-15,21-22,24,29-30H,16-20H2,1-2H3,(H,34,39)(H,37,38)/t21-,22-,24-,30+/m0/s1. The smallest absolute Gasteiger partial charge is 0.407 e. The molecule has 1 aliphatic carbocycles. The Morgan fingerprint density at radius 3 is 2.17 bits per heavy atom. The van der Waals surface area contributed by atoms with Gasteiger partial charge in [0.1, 0.15) is 12.6 Å². The fraction of sp³-hybridized carbons (Fsp3) is 0.364. The molecule has 5 rings (SSSR count). The number of carbonyl (C=O) groups is 3. The van der Waals surface area contributed by atoms with Gasteiger partial charge in [0, 0.05) is 18.5 Å². The SMILES string of the molecule is C[C@H](OCc1ccccc1)[C@@H](NC(=O)OCC1c2ccccc2-c2ccccc21)C(=O)N1CC[C@H](C(=O)O)C[C@@H]1C. The lowest BCUT2D eigenvalue weighted by Crippen LogP contribution is -2.58. The number of piperidine rings is 1. The number of rotatable bonds is 9. The number of carbonyl (C=O) groups excluding carboxylic acids is 2. The third kappa shape index (κ3) is 6.28. The Kier molecular flexibility index (Phi) is 8.69. The molecule has 8 nitrogen and oxygen atoms in total. The number of alkyl carbamates (subject to hydrolysis) is 1. The van der Waals surface area contributed by atoms with Gasteiger partial charge in [0.25, 0.3) is 0 Å². The van der Waals surface area contributed by atoms with E-state index in [9.17, 15) is 19.5 Å². The van der Waals surface area contributed by atoms with Crippen LogP contribution in [0.2, 0.25) is 0 Å². The maximum absolute atomic E-state index is 13.8. The molecule has 8 heteroatoms. The highest BCUT2D eigenvalue weighted by atomic mass is 16.5. The van der Waals surface area contributed by atoms with Crippen LogP contribution in [0.5, 0.6) is 0 Å². The van der Waals surface area contributed by atoms with E-state index in [1.807, 2.05) is 61.5 Å². The largest absolute Gasteiger partial charge is 0.481 e. The van der Waals surface area contributed by atoms with E-state index < -0.39 is 30.1 Å². The van der Waals surface area contributed by atoms with Crippen molar-refractivity contribution >= 4 is 18.0 Å². The lowest BCUT2D eigenvalue weighted by molar-refractivity contribution is -0.149. The molecule has 2 aliphatic rings. The minimum Gasteiger partial charge on any atom is -0.481 e. The number of nitrogens with one attached hydrogen (secondary N) is 1. The van der Waals surface area contributed by atoms with Crippen LogP contribution in [0.4, 0.5) is 4.79 Å². The average molecular weight is 557 g/mol. The number of ether oxygens (including phenoxy) is 2. The van der Waals surface area contributed by atoms with Gasteiger partial charge in [-0.25, -0.2) is 4.79 Å². The van der Waals surface area contributed by atoms with E-state index in [1.165, 1.54) is 0 Å². The second-order valence-corrected chi connectivity index (χ2v) is 10.9. The monoisotopic (exact) mass is 556 g/mol. The summed E-state index contributed by atoms with van der Waals surface area (Å²) < 4.78 is 11.8. The van der Waals surface area contributed by atoms with E-state index in [2.05, 4.69) is 29.6 Å². The van der Waals surface area contributed by atoms with Gasteiger partial charge in [-0.3, -0.25) is 9.59 Å². The molecule has 3 aromatic carbocycles. The lowest BCUT2D eigenvalue weighted by Gasteiger charge is -2.39. The molecule has 0 spiro atoms. The van der Waals surface area contributed by atoms with Gasteiger partial charge in [0.15, 0.2) is 0 Å². The van der Waals surface area contributed by atoms with Crippen molar-refractivity contribution in [3.8, 4) is 11.1 Å². The third-order valence-corrected chi connectivity index (χ3v) is 8.22. The van der Waals surface area contributed by atoms with E-state index >= 15 is 0 Å². The zero-order valence-electron chi connectivity index (χ0n) is 23.4. The molecule has 3 aromatic rings. The molecule has 0 bridgehead atoms. The maximum atomic E-state index is 13.8. The Hall–Kier alpha value is -4.17. The maximum Gasteiger partial charge on any atom is 0.407 e. The summed E-state index contributed by atoms with van der Waals surface area (Å²) in [6.45, 7) is 4.29. The first-order valence-electron chi connectivity index (χ1n) is 14.1. The summed E-state index contributed by atoms with van der Waals surface area (Å²) in [5.41, 5.74) is 5.41. The highest BCUT2D eigenvalue weighted by molar-refractivity contribution is 5.87. The van der Waals surface area contributed by atoms with Crippen molar-refractivity contribution < 1.29 is 29.0 Å². The number of carboxylic acids is 1. The Labute approximate surface area is 240 Å². The van der Waals surface area contributed by atoms with Gasteiger partial charge in [-0.05, 0) is 54.5 Å². The molecule has 2 amide bonds. The Morgan fingerprint density at radius 2 is 1.56 bits per heavy atom. The number of nitrogens with zero attached hydrogens (tertiary/aromatic N) is 1. The number of amides is 2. The van der Waals surface area contributed by atoms with Crippen molar-refractivity contribution in [2.24, 2.45) is 5.92 Å². The molecule has 2 N–H and O–H groups in total. The quantitative estimate of drug-likeness (QED) is 0.375. The minimum absolute atomic E-state index is 0.107. The number of aliphatic carboxylic acids is 1. The number of likely N-dealkylation sites (tertiary alicyclic amines) is 1. The molecule has 0 unspecified atom stereocenters. The second-order valence-electron chi connectivity index (χ2n) is 10.9. The van der Waals surface area contributed by atoms with Crippen LogP contribution in [0.3, 0.4) is 0 Å². The van der Waals surface area contributed by atoms with E-state index in [1.54, 1.807) is 11.8 Å². The van der Waals surface area contributed by atoms with Gasteiger partial charge in [-0.15, -0.1) is 0 Å². The number of carboxylic acid groups (broad SMARTS) is 1. The molecule has 1 heterocycles. The third-order valence-electron chi connectivity index (χ3n) is 8.22. The Morgan fingerprint density at radius 1 is 0.951 bits per heavy atom. The van der Waals surface area contributed by atoms with Crippen LogP contribution < -0.4 is 5.32 Å². The van der Waals surface area contributed by atoms with Gasteiger partial charge in [-0.1, -0.05) is 78.9 Å². The summed E-state index contributed by atoms with van der Waals surface area (Å²) in [6.07, 6.45) is -0.638. The normalized spacial score (nSPS) is 19.5. The van der Waals surface area contributed by atoms with Crippen molar-refractivity contribution in [3.63, 3.8) is 0 Å². The average Bonchev–Trinajstić information content (AvgIpc) is 3.31. The number of benzene rings is 3. The predicted octanol–water partition coefficient (Wildman–Crippen LogP) is 5.21.